The van der Waals surface area contributed by atoms with E-state index in [1.165, 1.54) is 0 Å². The maximum absolute atomic E-state index is 12.8. The van der Waals surface area contributed by atoms with Crippen molar-refractivity contribution in [2.24, 2.45) is 0 Å². The summed E-state index contributed by atoms with van der Waals surface area (Å²) >= 11 is 0. The lowest BCUT2D eigenvalue weighted by molar-refractivity contribution is 0.0922. The van der Waals surface area contributed by atoms with Crippen LogP contribution in [0.1, 0.15) is 21.7 Å². The Balaban J connectivity index is 1.59. The predicted molar refractivity (Wildman–Crippen MR) is 107 cm³/mol. The summed E-state index contributed by atoms with van der Waals surface area (Å²) in [7, 11) is 0. The quantitative estimate of drug-likeness (QED) is 0.478. The van der Waals surface area contributed by atoms with Crippen molar-refractivity contribution in [1.29, 1.82) is 0 Å². The SMILES string of the molecule is Cc1cc(C(=O)COc2cccc3cccnc23)c(C)n1-c1ccccc1. The van der Waals surface area contributed by atoms with Crippen LogP contribution in [0.4, 0.5) is 0 Å². The Labute approximate surface area is 158 Å². The standard InChI is InChI=1S/C23H20N2O2/c1-16-14-20(17(2)25(16)19-10-4-3-5-11-19)21(26)15-27-22-12-6-8-18-9-7-13-24-23(18)22/h3-14H,15H2,1-2H3. The first-order chi connectivity index (χ1) is 13.1. The first kappa shape index (κ1) is 17.0. The largest absolute Gasteiger partial charge is 0.483 e. The van der Waals surface area contributed by atoms with E-state index in [0.717, 1.165) is 28.0 Å². The highest BCUT2D eigenvalue weighted by Crippen LogP contribution is 2.24. The number of carbonyl (C=O) groups is 1. The molecular formula is C23H20N2O2. The van der Waals surface area contributed by atoms with E-state index in [2.05, 4.69) is 9.55 Å². The number of pyridine rings is 1. The van der Waals surface area contributed by atoms with Gasteiger partial charge in [-0.3, -0.25) is 9.78 Å². The van der Waals surface area contributed by atoms with Gasteiger partial charge in [-0.15, -0.1) is 0 Å². The number of rotatable bonds is 5. The molecule has 0 unspecified atom stereocenters. The highest BCUT2D eigenvalue weighted by Gasteiger charge is 2.17. The van der Waals surface area contributed by atoms with Crippen molar-refractivity contribution in [3.05, 3.63) is 89.9 Å². The van der Waals surface area contributed by atoms with E-state index in [4.69, 9.17) is 4.74 Å². The summed E-state index contributed by atoms with van der Waals surface area (Å²) in [6.45, 7) is 3.95. The zero-order valence-corrected chi connectivity index (χ0v) is 15.3. The van der Waals surface area contributed by atoms with Crippen LogP contribution in [0.2, 0.25) is 0 Å². The van der Waals surface area contributed by atoms with Gasteiger partial charge in [0.25, 0.3) is 0 Å². The van der Waals surface area contributed by atoms with Gasteiger partial charge in [0, 0.05) is 34.2 Å². The van der Waals surface area contributed by atoms with Crippen LogP contribution in [0.3, 0.4) is 0 Å². The Morgan fingerprint density at radius 3 is 2.59 bits per heavy atom. The van der Waals surface area contributed by atoms with Crippen molar-refractivity contribution >= 4 is 16.7 Å². The lowest BCUT2D eigenvalue weighted by Crippen LogP contribution is -2.13. The highest BCUT2D eigenvalue weighted by atomic mass is 16.5. The minimum absolute atomic E-state index is 0.0191. The minimum Gasteiger partial charge on any atom is -0.483 e. The van der Waals surface area contributed by atoms with Crippen LogP contribution in [0, 0.1) is 13.8 Å². The molecule has 4 heteroatoms. The molecule has 0 bridgehead atoms. The third-order valence-corrected chi connectivity index (χ3v) is 4.70. The fraction of sp³-hybridized carbons (Fsp3) is 0.130. The van der Waals surface area contributed by atoms with Crippen molar-refractivity contribution in [2.75, 3.05) is 6.61 Å². The molecular weight excluding hydrogens is 336 g/mol. The van der Waals surface area contributed by atoms with E-state index in [1.807, 2.05) is 80.6 Å². The number of hydrogen-bond donors (Lipinski definition) is 0. The van der Waals surface area contributed by atoms with Gasteiger partial charge in [-0.1, -0.05) is 36.4 Å². The summed E-state index contributed by atoms with van der Waals surface area (Å²) in [4.78, 5) is 17.2. The van der Waals surface area contributed by atoms with E-state index in [-0.39, 0.29) is 12.4 Å². The monoisotopic (exact) mass is 356 g/mol. The molecule has 0 atom stereocenters. The Kier molecular flexibility index (Phi) is 4.47. The number of aryl methyl sites for hydroxylation is 1. The van der Waals surface area contributed by atoms with Crippen LogP contribution in [0.5, 0.6) is 5.75 Å². The summed E-state index contributed by atoms with van der Waals surface area (Å²) in [5, 5.41) is 0.990. The number of para-hydroxylation sites is 2. The molecule has 2 heterocycles. The molecule has 0 aliphatic carbocycles. The average Bonchev–Trinajstić information content (AvgIpc) is 3.01. The molecule has 0 spiro atoms. The number of aromatic nitrogens is 2. The number of hydrogen-bond acceptors (Lipinski definition) is 3. The molecule has 0 aliphatic rings. The van der Waals surface area contributed by atoms with Gasteiger partial charge >= 0.3 is 0 Å². The lowest BCUT2D eigenvalue weighted by atomic mass is 10.1. The molecule has 4 rings (SSSR count). The fourth-order valence-electron chi connectivity index (χ4n) is 3.43. The van der Waals surface area contributed by atoms with Gasteiger partial charge in [0.05, 0.1) is 0 Å². The van der Waals surface area contributed by atoms with Gasteiger partial charge in [0.1, 0.15) is 11.3 Å². The molecule has 0 radical (unpaired) electrons. The number of carbonyl (C=O) groups excluding carboxylic acids is 1. The second kappa shape index (κ2) is 7.08. The van der Waals surface area contributed by atoms with Gasteiger partial charge in [-0.05, 0) is 44.2 Å². The van der Waals surface area contributed by atoms with Crippen LogP contribution >= 0.6 is 0 Å². The number of benzene rings is 2. The van der Waals surface area contributed by atoms with Crippen molar-refractivity contribution in [2.45, 2.75) is 13.8 Å². The average molecular weight is 356 g/mol. The molecule has 0 saturated heterocycles. The van der Waals surface area contributed by atoms with Crippen LogP contribution < -0.4 is 4.74 Å². The number of ether oxygens (including phenoxy) is 1. The Hall–Kier alpha value is -3.40. The van der Waals surface area contributed by atoms with E-state index in [9.17, 15) is 4.79 Å². The fourth-order valence-corrected chi connectivity index (χ4v) is 3.43. The summed E-state index contributed by atoms with van der Waals surface area (Å²) in [5.74, 6) is 0.580. The van der Waals surface area contributed by atoms with Crippen LogP contribution in [-0.4, -0.2) is 21.9 Å². The van der Waals surface area contributed by atoms with Crippen LogP contribution in [0.15, 0.2) is 72.9 Å². The lowest BCUT2D eigenvalue weighted by Gasteiger charge is -2.10. The van der Waals surface area contributed by atoms with Crippen molar-refractivity contribution in [3.63, 3.8) is 0 Å². The van der Waals surface area contributed by atoms with Crippen molar-refractivity contribution < 1.29 is 9.53 Å². The zero-order valence-electron chi connectivity index (χ0n) is 15.3. The molecule has 4 nitrogen and oxygen atoms in total. The number of fused-ring (bicyclic) bond motifs is 1. The molecule has 4 aromatic rings. The van der Waals surface area contributed by atoms with Crippen LogP contribution in [0.25, 0.3) is 16.6 Å². The molecule has 0 fully saturated rings. The highest BCUT2D eigenvalue weighted by molar-refractivity contribution is 5.99. The second-order valence-electron chi connectivity index (χ2n) is 6.50. The molecule has 0 aliphatic heterocycles. The smallest absolute Gasteiger partial charge is 0.202 e. The topological polar surface area (TPSA) is 44.1 Å². The molecule has 0 saturated carbocycles. The van der Waals surface area contributed by atoms with Crippen LogP contribution in [-0.2, 0) is 0 Å². The third kappa shape index (κ3) is 3.22. The first-order valence-electron chi connectivity index (χ1n) is 8.89. The molecule has 0 N–H and O–H groups in total. The van der Waals surface area contributed by atoms with Gasteiger partial charge < -0.3 is 9.30 Å². The van der Waals surface area contributed by atoms with E-state index < -0.39 is 0 Å². The maximum Gasteiger partial charge on any atom is 0.202 e. The van der Waals surface area contributed by atoms with E-state index in [0.29, 0.717) is 11.3 Å². The summed E-state index contributed by atoms with van der Waals surface area (Å²) in [5.41, 5.74) is 4.44. The van der Waals surface area contributed by atoms with E-state index in [1.54, 1.807) is 6.20 Å². The van der Waals surface area contributed by atoms with Gasteiger partial charge in [-0.2, -0.15) is 0 Å². The predicted octanol–water partition coefficient (Wildman–Crippen LogP) is 4.90. The van der Waals surface area contributed by atoms with Gasteiger partial charge in [0.15, 0.2) is 6.61 Å². The Morgan fingerprint density at radius 2 is 1.78 bits per heavy atom. The van der Waals surface area contributed by atoms with Crippen molar-refractivity contribution in [3.8, 4) is 11.4 Å². The molecule has 27 heavy (non-hydrogen) atoms. The minimum atomic E-state index is -0.0433. The van der Waals surface area contributed by atoms with Gasteiger partial charge in [0.2, 0.25) is 5.78 Å². The summed E-state index contributed by atoms with van der Waals surface area (Å²) in [6, 6.07) is 21.6. The summed E-state index contributed by atoms with van der Waals surface area (Å²) in [6.07, 6.45) is 1.73. The normalized spacial score (nSPS) is 10.9. The first-order valence-corrected chi connectivity index (χ1v) is 8.89. The number of Topliss-reactive ketones (excluding diaryl/α,β-unsaturated/α-hetero) is 1. The van der Waals surface area contributed by atoms with E-state index >= 15 is 0 Å². The Bertz CT molecular complexity index is 1110. The van der Waals surface area contributed by atoms with Gasteiger partial charge in [-0.25, -0.2) is 0 Å². The molecule has 2 aromatic carbocycles. The Morgan fingerprint density at radius 1 is 1.00 bits per heavy atom. The summed E-state index contributed by atoms with van der Waals surface area (Å²) < 4.78 is 7.91. The molecule has 134 valence electrons. The number of nitrogens with zero attached hydrogens (tertiary/aromatic N) is 2. The molecule has 2 aromatic heterocycles. The zero-order chi connectivity index (χ0) is 18.8. The second-order valence-corrected chi connectivity index (χ2v) is 6.50. The molecule has 0 amide bonds. The number of ketones is 1. The maximum atomic E-state index is 12.8. The third-order valence-electron chi connectivity index (χ3n) is 4.70. The van der Waals surface area contributed by atoms with Crippen molar-refractivity contribution in [1.82, 2.24) is 9.55 Å².